The highest BCUT2D eigenvalue weighted by molar-refractivity contribution is 5.94. The molecule has 0 atom stereocenters. The van der Waals surface area contributed by atoms with Crippen LogP contribution in [-0.2, 0) is 0 Å². The topological polar surface area (TPSA) is 53.4 Å². The number of aryl methyl sites for hydroxylation is 1. The van der Waals surface area contributed by atoms with Crippen molar-refractivity contribution in [2.45, 2.75) is 6.92 Å². The van der Waals surface area contributed by atoms with Crippen LogP contribution in [0.4, 0.5) is 15.9 Å². The van der Waals surface area contributed by atoms with Crippen molar-refractivity contribution in [2.24, 2.45) is 0 Å². The largest absolute Gasteiger partial charge is 0.478 e. The number of rotatable bonds is 3. The van der Waals surface area contributed by atoms with Gasteiger partial charge in [0.1, 0.15) is 17.2 Å². The molecular formula is C14H13FN2O2. The van der Waals surface area contributed by atoms with Crippen LogP contribution in [0.5, 0.6) is 0 Å². The number of pyridine rings is 1. The molecule has 98 valence electrons. The van der Waals surface area contributed by atoms with Gasteiger partial charge < -0.3 is 10.0 Å². The van der Waals surface area contributed by atoms with Crippen LogP contribution in [0.3, 0.4) is 0 Å². The summed E-state index contributed by atoms with van der Waals surface area (Å²) in [6, 6.07) is 8.48. The Kier molecular flexibility index (Phi) is 3.46. The van der Waals surface area contributed by atoms with E-state index in [2.05, 4.69) is 4.98 Å². The Morgan fingerprint density at radius 2 is 2.05 bits per heavy atom. The lowest BCUT2D eigenvalue weighted by atomic mass is 10.1. The molecule has 0 bridgehead atoms. The number of halogens is 1. The Hall–Kier alpha value is -2.43. The molecule has 1 N–H and O–H groups in total. The standard InChI is InChI=1S/C14H13FN2O2/c1-9-5-3-4-6-12(9)17(2)13-11(14(18)19)7-10(15)8-16-13/h3-8H,1-2H3,(H,18,19). The Morgan fingerprint density at radius 3 is 2.68 bits per heavy atom. The maximum atomic E-state index is 13.1. The lowest BCUT2D eigenvalue weighted by Crippen LogP contribution is -2.17. The first kappa shape index (κ1) is 13.0. The van der Waals surface area contributed by atoms with Crippen molar-refractivity contribution < 1.29 is 14.3 Å². The molecule has 1 heterocycles. The van der Waals surface area contributed by atoms with E-state index >= 15 is 0 Å². The summed E-state index contributed by atoms with van der Waals surface area (Å²) in [4.78, 5) is 16.7. The number of hydrogen-bond acceptors (Lipinski definition) is 3. The van der Waals surface area contributed by atoms with Crippen molar-refractivity contribution in [1.82, 2.24) is 4.98 Å². The highest BCUT2D eigenvalue weighted by atomic mass is 19.1. The first-order valence-electron chi connectivity index (χ1n) is 5.69. The molecule has 0 aliphatic carbocycles. The molecule has 0 aliphatic rings. The highest BCUT2D eigenvalue weighted by Crippen LogP contribution is 2.27. The van der Waals surface area contributed by atoms with Gasteiger partial charge in [-0.2, -0.15) is 0 Å². The van der Waals surface area contributed by atoms with Gasteiger partial charge in [-0.25, -0.2) is 14.2 Å². The second-order valence-corrected chi connectivity index (χ2v) is 4.18. The van der Waals surface area contributed by atoms with E-state index in [0.717, 1.165) is 23.5 Å². The van der Waals surface area contributed by atoms with Gasteiger partial charge in [0.2, 0.25) is 0 Å². The molecule has 1 aromatic heterocycles. The summed E-state index contributed by atoms with van der Waals surface area (Å²) in [5, 5.41) is 9.12. The van der Waals surface area contributed by atoms with E-state index < -0.39 is 11.8 Å². The predicted octanol–water partition coefficient (Wildman–Crippen LogP) is 3.00. The maximum Gasteiger partial charge on any atom is 0.339 e. The molecule has 4 nitrogen and oxygen atoms in total. The molecule has 0 unspecified atom stereocenters. The Balaban J connectivity index is 2.53. The second kappa shape index (κ2) is 5.06. The van der Waals surface area contributed by atoms with Gasteiger partial charge in [0, 0.05) is 12.7 Å². The molecule has 0 saturated carbocycles. The Labute approximate surface area is 110 Å². The van der Waals surface area contributed by atoms with Crippen LogP contribution in [-0.4, -0.2) is 23.1 Å². The lowest BCUT2D eigenvalue weighted by molar-refractivity contribution is 0.0696. The van der Waals surface area contributed by atoms with E-state index in [1.807, 2.05) is 31.2 Å². The third-order valence-corrected chi connectivity index (χ3v) is 2.86. The molecule has 0 aliphatic heterocycles. The zero-order valence-corrected chi connectivity index (χ0v) is 10.6. The number of anilines is 2. The number of nitrogens with zero attached hydrogens (tertiary/aromatic N) is 2. The number of carboxylic acid groups (broad SMARTS) is 1. The van der Waals surface area contributed by atoms with Crippen molar-refractivity contribution in [3.63, 3.8) is 0 Å². The molecule has 2 rings (SSSR count). The van der Waals surface area contributed by atoms with Crippen molar-refractivity contribution in [3.05, 3.63) is 53.5 Å². The predicted molar refractivity (Wildman–Crippen MR) is 70.4 cm³/mol. The van der Waals surface area contributed by atoms with Gasteiger partial charge in [-0.05, 0) is 24.6 Å². The minimum Gasteiger partial charge on any atom is -0.478 e. The summed E-state index contributed by atoms with van der Waals surface area (Å²) >= 11 is 0. The molecule has 2 aromatic rings. The third-order valence-electron chi connectivity index (χ3n) is 2.86. The van der Waals surface area contributed by atoms with E-state index in [1.54, 1.807) is 11.9 Å². The van der Waals surface area contributed by atoms with E-state index in [1.165, 1.54) is 0 Å². The molecule has 1 aromatic carbocycles. The van der Waals surface area contributed by atoms with E-state index in [-0.39, 0.29) is 11.4 Å². The van der Waals surface area contributed by atoms with Gasteiger partial charge in [-0.15, -0.1) is 0 Å². The van der Waals surface area contributed by atoms with Crippen LogP contribution in [0, 0.1) is 12.7 Å². The minimum atomic E-state index is -1.21. The SMILES string of the molecule is Cc1ccccc1N(C)c1ncc(F)cc1C(=O)O. The van der Waals surface area contributed by atoms with Crippen LogP contribution in [0.1, 0.15) is 15.9 Å². The molecular weight excluding hydrogens is 247 g/mol. The monoisotopic (exact) mass is 260 g/mol. The second-order valence-electron chi connectivity index (χ2n) is 4.18. The summed E-state index contributed by atoms with van der Waals surface area (Å²) < 4.78 is 13.1. The molecule has 0 saturated heterocycles. The lowest BCUT2D eigenvalue weighted by Gasteiger charge is -2.21. The summed E-state index contributed by atoms with van der Waals surface area (Å²) in [5.74, 6) is -1.66. The number of carbonyl (C=O) groups is 1. The molecule has 5 heteroatoms. The van der Waals surface area contributed by atoms with Gasteiger partial charge >= 0.3 is 5.97 Å². The molecule has 19 heavy (non-hydrogen) atoms. The molecule has 0 fully saturated rings. The van der Waals surface area contributed by atoms with Gasteiger partial charge in [0.25, 0.3) is 0 Å². The highest BCUT2D eigenvalue weighted by Gasteiger charge is 2.18. The number of hydrogen-bond donors (Lipinski definition) is 1. The summed E-state index contributed by atoms with van der Waals surface area (Å²) in [7, 11) is 1.70. The van der Waals surface area contributed by atoms with Crippen molar-refractivity contribution in [1.29, 1.82) is 0 Å². The van der Waals surface area contributed by atoms with Gasteiger partial charge in [0.15, 0.2) is 0 Å². The van der Waals surface area contributed by atoms with Crippen LogP contribution in [0.15, 0.2) is 36.5 Å². The Morgan fingerprint density at radius 1 is 1.37 bits per heavy atom. The maximum absolute atomic E-state index is 13.1. The van der Waals surface area contributed by atoms with Crippen LogP contribution in [0.2, 0.25) is 0 Å². The van der Waals surface area contributed by atoms with Gasteiger partial charge in [-0.3, -0.25) is 0 Å². The van der Waals surface area contributed by atoms with E-state index in [9.17, 15) is 9.18 Å². The number of benzene rings is 1. The first-order chi connectivity index (χ1) is 9.00. The zero-order valence-electron chi connectivity index (χ0n) is 10.6. The number of aromatic carboxylic acids is 1. The molecule has 0 radical (unpaired) electrons. The van der Waals surface area contributed by atoms with Crippen LogP contribution in [0.25, 0.3) is 0 Å². The number of carboxylic acids is 1. The summed E-state index contributed by atoms with van der Waals surface area (Å²) in [6.07, 6.45) is 1.01. The Bertz CT molecular complexity index is 629. The average Bonchev–Trinajstić information content (AvgIpc) is 2.38. The average molecular weight is 260 g/mol. The van der Waals surface area contributed by atoms with Crippen molar-refractivity contribution in [2.75, 3.05) is 11.9 Å². The number of aromatic nitrogens is 1. The van der Waals surface area contributed by atoms with Crippen LogP contribution >= 0.6 is 0 Å². The van der Waals surface area contributed by atoms with Crippen molar-refractivity contribution >= 4 is 17.5 Å². The quantitative estimate of drug-likeness (QED) is 0.921. The van der Waals surface area contributed by atoms with Crippen LogP contribution < -0.4 is 4.90 Å². The third kappa shape index (κ3) is 2.54. The fourth-order valence-electron chi connectivity index (χ4n) is 1.91. The fourth-order valence-corrected chi connectivity index (χ4v) is 1.91. The summed E-state index contributed by atoms with van der Waals surface area (Å²) in [6.45, 7) is 1.91. The van der Waals surface area contributed by atoms with Crippen molar-refractivity contribution in [3.8, 4) is 0 Å². The fraction of sp³-hybridized carbons (Fsp3) is 0.143. The number of para-hydroxylation sites is 1. The first-order valence-corrected chi connectivity index (χ1v) is 5.69. The molecule has 0 spiro atoms. The smallest absolute Gasteiger partial charge is 0.339 e. The van der Waals surface area contributed by atoms with E-state index in [0.29, 0.717) is 0 Å². The van der Waals surface area contributed by atoms with Gasteiger partial charge in [0.05, 0.1) is 6.20 Å². The molecule has 0 amide bonds. The normalized spacial score (nSPS) is 10.3. The van der Waals surface area contributed by atoms with E-state index in [4.69, 9.17) is 5.11 Å². The van der Waals surface area contributed by atoms with Gasteiger partial charge in [-0.1, -0.05) is 18.2 Å². The minimum absolute atomic E-state index is 0.161. The summed E-state index contributed by atoms with van der Waals surface area (Å²) in [5.41, 5.74) is 1.64. The zero-order chi connectivity index (χ0) is 14.0.